The molecule has 4 amide bonds. The van der Waals surface area contributed by atoms with Gasteiger partial charge in [-0.15, -0.1) is 6.58 Å². The van der Waals surface area contributed by atoms with Gasteiger partial charge in [-0.25, -0.2) is 4.79 Å². The van der Waals surface area contributed by atoms with Gasteiger partial charge >= 0.3 is 6.03 Å². The Kier molecular flexibility index (Phi) is 4.04. The van der Waals surface area contributed by atoms with Gasteiger partial charge in [0, 0.05) is 0 Å². The number of allylic oxidation sites excluding steroid dienone is 1. The zero-order valence-corrected chi connectivity index (χ0v) is 10.3. The van der Waals surface area contributed by atoms with Gasteiger partial charge in [0.05, 0.1) is 0 Å². The molecule has 0 spiro atoms. The Labute approximate surface area is 101 Å². The van der Waals surface area contributed by atoms with Crippen molar-refractivity contribution in [1.29, 1.82) is 0 Å². The summed E-state index contributed by atoms with van der Waals surface area (Å²) in [5.41, 5.74) is -0.420. The van der Waals surface area contributed by atoms with Crippen LogP contribution in [0.15, 0.2) is 12.2 Å². The van der Waals surface area contributed by atoms with Crippen LogP contribution in [-0.2, 0) is 9.59 Å². The molecule has 94 valence electrons. The molecule has 2 N–H and O–H groups in total. The number of unbranched alkanes of at least 4 members (excludes halogenated alkanes) is 1. The van der Waals surface area contributed by atoms with E-state index < -0.39 is 23.3 Å². The lowest BCUT2D eigenvalue weighted by Gasteiger charge is -2.34. The van der Waals surface area contributed by atoms with E-state index in [1.807, 2.05) is 6.92 Å². The standard InChI is InChI=1S/C12H18N2O3/c1-4-5-6-12(7-8(2)3)9(15)13-11(17)14-10(12)16/h2,4-7H2,1,3H3,(H2,13,14,15,16,17). The summed E-state index contributed by atoms with van der Waals surface area (Å²) in [5, 5.41) is 4.33. The molecule has 0 saturated carbocycles. The number of hydrogen-bond acceptors (Lipinski definition) is 3. The Morgan fingerprint density at radius 1 is 1.24 bits per heavy atom. The van der Waals surface area contributed by atoms with E-state index in [-0.39, 0.29) is 6.42 Å². The molecule has 1 saturated heterocycles. The van der Waals surface area contributed by atoms with Crippen molar-refractivity contribution in [3.63, 3.8) is 0 Å². The first-order chi connectivity index (χ1) is 7.92. The molecule has 5 nitrogen and oxygen atoms in total. The van der Waals surface area contributed by atoms with Crippen LogP contribution in [0.5, 0.6) is 0 Å². The number of nitrogens with one attached hydrogen (secondary N) is 2. The van der Waals surface area contributed by atoms with Gasteiger partial charge in [-0.1, -0.05) is 25.3 Å². The summed E-state index contributed by atoms with van der Waals surface area (Å²) in [5.74, 6) is -1.02. The van der Waals surface area contributed by atoms with E-state index in [1.54, 1.807) is 6.92 Å². The molecular formula is C12H18N2O3. The molecule has 17 heavy (non-hydrogen) atoms. The number of urea groups is 1. The third-order valence-corrected chi connectivity index (χ3v) is 2.88. The minimum Gasteiger partial charge on any atom is -0.277 e. The van der Waals surface area contributed by atoms with E-state index >= 15 is 0 Å². The predicted molar refractivity (Wildman–Crippen MR) is 63.1 cm³/mol. The highest BCUT2D eigenvalue weighted by Crippen LogP contribution is 2.34. The van der Waals surface area contributed by atoms with Crippen molar-refractivity contribution >= 4 is 17.8 Å². The summed E-state index contributed by atoms with van der Waals surface area (Å²) in [4.78, 5) is 34.9. The first-order valence-corrected chi connectivity index (χ1v) is 5.73. The van der Waals surface area contributed by atoms with E-state index in [0.29, 0.717) is 6.42 Å². The van der Waals surface area contributed by atoms with Crippen LogP contribution < -0.4 is 10.6 Å². The maximum atomic E-state index is 11.9. The average molecular weight is 238 g/mol. The predicted octanol–water partition coefficient (Wildman–Crippen LogP) is 1.50. The van der Waals surface area contributed by atoms with Crippen LogP contribution >= 0.6 is 0 Å². The number of carbonyl (C=O) groups excluding carboxylic acids is 3. The van der Waals surface area contributed by atoms with Crippen LogP contribution in [0, 0.1) is 5.41 Å². The number of hydrogen-bond donors (Lipinski definition) is 2. The van der Waals surface area contributed by atoms with Crippen molar-refractivity contribution in [1.82, 2.24) is 10.6 Å². The van der Waals surface area contributed by atoms with Crippen LogP contribution in [-0.4, -0.2) is 17.8 Å². The number of imide groups is 2. The molecule has 1 fully saturated rings. The summed E-state index contributed by atoms with van der Waals surface area (Å²) in [6.45, 7) is 7.50. The molecule has 0 unspecified atom stereocenters. The van der Waals surface area contributed by atoms with Crippen LogP contribution in [0.1, 0.15) is 39.5 Å². The smallest absolute Gasteiger partial charge is 0.277 e. The van der Waals surface area contributed by atoms with Gasteiger partial charge in [0.1, 0.15) is 5.41 Å². The maximum absolute atomic E-state index is 11.9. The first kappa shape index (κ1) is 13.4. The summed E-state index contributed by atoms with van der Waals surface area (Å²) in [6.07, 6.45) is 2.34. The van der Waals surface area contributed by atoms with Crippen molar-refractivity contribution in [2.24, 2.45) is 5.41 Å². The van der Waals surface area contributed by atoms with Crippen LogP contribution in [0.25, 0.3) is 0 Å². The van der Waals surface area contributed by atoms with Gasteiger partial charge in [-0.3, -0.25) is 20.2 Å². The summed E-state index contributed by atoms with van der Waals surface area (Å²) >= 11 is 0. The molecule has 0 radical (unpaired) electrons. The molecule has 1 heterocycles. The second-order valence-corrected chi connectivity index (χ2v) is 4.56. The Bertz CT molecular complexity index is 354. The fraction of sp³-hybridized carbons (Fsp3) is 0.583. The van der Waals surface area contributed by atoms with Gasteiger partial charge in [-0.05, 0) is 19.8 Å². The fourth-order valence-electron chi connectivity index (χ4n) is 2.05. The highest BCUT2D eigenvalue weighted by molar-refractivity contribution is 6.19. The highest BCUT2D eigenvalue weighted by atomic mass is 16.2. The molecule has 1 rings (SSSR count). The second-order valence-electron chi connectivity index (χ2n) is 4.56. The van der Waals surface area contributed by atoms with Crippen LogP contribution in [0.3, 0.4) is 0 Å². The zero-order valence-electron chi connectivity index (χ0n) is 10.3. The normalized spacial score (nSPS) is 18.6. The molecule has 0 aliphatic carbocycles. The zero-order chi connectivity index (χ0) is 13.1. The highest BCUT2D eigenvalue weighted by Gasteiger charge is 2.49. The Hall–Kier alpha value is -1.65. The van der Waals surface area contributed by atoms with Crippen molar-refractivity contribution in [2.75, 3.05) is 0 Å². The SMILES string of the molecule is C=C(C)CC1(CCCC)C(=O)NC(=O)NC1=O. The topological polar surface area (TPSA) is 75.3 Å². The largest absolute Gasteiger partial charge is 0.328 e. The van der Waals surface area contributed by atoms with Gasteiger partial charge in [0.2, 0.25) is 11.8 Å². The maximum Gasteiger partial charge on any atom is 0.328 e. The fourth-order valence-corrected chi connectivity index (χ4v) is 2.05. The summed E-state index contributed by atoms with van der Waals surface area (Å²) in [7, 11) is 0. The number of rotatable bonds is 5. The van der Waals surface area contributed by atoms with E-state index in [1.165, 1.54) is 0 Å². The minimum atomic E-state index is -1.17. The van der Waals surface area contributed by atoms with E-state index in [4.69, 9.17) is 0 Å². The first-order valence-electron chi connectivity index (χ1n) is 5.73. The Morgan fingerprint density at radius 2 is 1.76 bits per heavy atom. The number of barbiturate groups is 1. The van der Waals surface area contributed by atoms with E-state index in [9.17, 15) is 14.4 Å². The van der Waals surface area contributed by atoms with Gasteiger partial charge in [-0.2, -0.15) is 0 Å². The molecule has 0 atom stereocenters. The summed E-state index contributed by atoms with van der Waals surface area (Å²) < 4.78 is 0. The van der Waals surface area contributed by atoms with Crippen molar-refractivity contribution < 1.29 is 14.4 Å². The monoisotopic (exact) mass is 238 g/mol. The average Bonchev–Trinajstić information content (AvgIpc) is 2.21. The Balaban J connectivity index is 3.01. The van der Waals surface area contributed by atoms with Crippen LogP contribution in [0.2, 0.25) is 0 Å². The van der Waals surface area contributed by atoms with E-state index in [2.05, 4.69) is 17.2 Å². The third kappa shape index (κ3) is 2.72. The van der Waals surface area contributed by atoms with Gasteiger partial charge < -0.3 is 0 Å². The molecule has 5 heteroatoms. The number of amides is 4. The van der Waals surface area contributed by atoms with Gasteiger partial charge in [0.25, 0.3) is 0 Å². The van der Waals surface area contributed by atoms with Crippen molar-refractivity contribution in [2.45, 2.75) is 39.5 Å². The molecule has 0 bridgehead atoms. The lowest BCUT2D eigenvalue weighted by atomic mass is 9.75. The van der Waals surface area contributed by atoms with Crippen LogP contribution in [0.4, 0.5) is 4.79 Å². The van der Waals surface area contributed by atoms with E-state index in [0.717, 1.165) is 18.4 Å². The molecule has 1 aliphatic rings. The molecule has 1 aliphatic heterocycles. The lowest BCUT2D eigenvalue weighted by molar-refractivity contribution is -0.145. The quantitative estimate of drug-likeness (QED) is 0.563. The molecule has 0 aromatic rings. The van der Waals surface area contributed by atoms with Crippen molar-refractivity contribution in [3.05, 3.63) is 12.2 Å². The molecular weight excluding hydrogens is 220 g/mol. The summed E-state index contributed by atoms with van der Waals surface area (Å²) in [6, 6.07) is -0.742. The minimum absolute atomic E-state index is 0.276. The Morgan fingerprint density at radius 3 is 2.18 bits per heavy atom. The third-order valence-electron chi connectivity index (χ3n) is 2.88. The van der Waals surface area contributed by atoms with Gasteiger partial charge in [0.15, 0.2) is 0 Å². The molecule has 0 aromatic heterocycles. The number of carbonyl (C=O) groups is 3. The lowest BCUT2D eigenvalue weighted by Crippen LogP contribution is -2.62. The molecule has 0 aromatic carbocycles. The van der Waals surface area contributed by atoms with Crippen molar-refractivity contribution in [3.8, 4) is 0 Å². The second kappa shape index (κ2) is 5.12.